The van der Waals surface area contributed by atoms with E-state index in [9.17, 15) is 21.6 Å². The molecule has 1 aliphatic carbocycles. The van der Waals surface area contributed by atoms with Gasteiger partial charge in [0.05, 0.1) is 30.1 Å². The molecule has 194 valence electrons. The first kappa shape index (κ1) is 26.5. The smallest absolute Gasteiger partial charge is 0.261 e. The van der Waals surface area contributed by atoms with Crippen molar-refractivity contribution in [1.82, 2.24) is 14.6 Å². The molecule has 2 aromatic carbocycles. The molecule has 0 radical (unpaired) electrons. The lowest BCUT2D eigenvalue weighted by Gasteiger charge is -2.26. The van der Waals surface area contributed by atoms with Crippen LogP contribution in [0, 0.1) is 0 Å². The second-order valence-electron chi connectivity index (χ2n) is 8.79. The highest BCUT2D eigenvalue weighted by Gasteiger charge is 2.25. The Morgan fingerprint density at radius 3 is 2.42 bits per heavy atom. The summed E-state index contributed by atoms with van der Waals surface area (Å²) < 4.78 is 59.6. The minimum atomic E-state index is -3.67. The summed E-state index contributed by atoms with van der Waals surface area (Å²) in [6, 6.07) is 12.7. The SMILES string of the molecule is CS(=O)(=O)O.O=c1[nH]c2c(c3ccccc13)Cc1cc(S(=O)(=O)NCCCN3CCOCC3)ccc1-2. The van der Waals surface area contributed by atoms with Crippen LogP contribution in [-0.2, 0) is 31.3 Å². The second-order valence-corrected chi connectivity index (χ2v) is 12.0. The Bertz CT molecular complexity index is 1520. The number of morpholine rings is 1. The summed E-state index contributed by atoms with van der Waals surface area (Å²) in [5.41, 5.74) is 3.52. The number of pyridine rings is 1. The second kappa shape index (κ2) is 10.8. The van der Waals surface area contributed by atoms with Crippen molar-refractivity contribution in [2.45, 2.75) is 17.7 Å². The molecule has 0 saturated carbocycles. The Morgan fingerprint density at radius 2 is 1.72 bits per heavy atom. The van der Waals surface area contributed by atoms with Crippen LogP contribution in [0.5, 0.6) is 0 Å². The molecular formula is C24H29N3O7S2. The van der Waals surface area contributed by atoms with E-state index in [-0.39, 0.29) is 10.5 Å². The minimum Gasteiger partial charge on any atom is -0.379 e. The number of hydrogen-bond acceptors (Lipinski definition) is 7. The zero-order valence-corrected chi connectivity index (χ0v) is 21.5. The summed E-state index contributed by atoms with van der Waals surface area (Å²) >= 11 is 0. The van der Waals surface area contributed by atoms with Crippen LogP contribution < -0.4 is 10.3 Å². The van der Waals surface area contributed by atoms with Crippen LogP contribution in [0.4, 0.5) is 0 Å². The Morgan fingerprint density at radius 1 is 1.06 bits per heavy atom. The van der Waals surface area contributed by atoms with Crippen molar-refractivity contribution in [3.63, 3.8) is 0 Å². The third-order valence-electron chi connectivity index (χ3n) is 6.11. The van der Waals surface area contributed by atoms with Gasteiger partial charge < -0.3 is 9.72 Å². The lowest BCUT2D eigenvalue weighted by Crippen LogP contribution is -2.38. The Labute approximate surface area is 210 Å². The van der Waals surface area contributed by atoms with Crippen molar-refractivity contribution in [2.75, 3.05) is 45.6 Å². The van der Waals surface area contributed by atoms with E-state index in [1.807, 2.05) is 24.3 Å². The Balaban J connectivity index is 0.000000556. The summed E-state index contributed by atoms with van der Waals surface area (Å²) in [5.74, 6) is 0. The van der Waals surface area contributed by atoms with E-state index in [1.54, 1.807) is 18.2 Å². The van der Waals surface area contributed by atoms with Gasteiger partial charge in [0.2, 0.25) is 10.0 Å². The molecule has 12 heteroatoms. The summed E-state index contributed by atoms with van der Waals surface area (Å²) in [4.78, 5) is 18.0. The largest absolute Gasteiger partial charge is 0.379 e. The molecule has 2 heterocycles. The molecule has 0 bridgehead atoms. The molecule has 0 atom stereocenters. The molecule has 0 amide bonds. The van der Waals surface area contributed by atoms with Crippen molar-refractivity contribution >= 4 is 30.9 Å². The van der Waals surface area contributed by atoms with Gasteiger partial charge in [0, 0.05) is 37.0 Å². The van der Waals surface area contributed by atoms with E-state index in [0.29, 0.717) is 24.6 Å². The number of sulfonamides is 1. The van der Waals surface area contributed by atoms with E-state index < -0.39 is 20.1 Å². The van der Waals surface area contributed by atoms with Gasteiger partial charge in [-0.2, -0.15) is 8.42 Å². The fourth-order valence-electron chi connectivity index (χ4n) is 4.48. The number of aromatic nitrogens is 1. The molecule has 10 nitrogen and oxygen atoms in total. The summed E-state index contributed by atoms with van der Waals surface area (Å²) in [5, 5.41) is 1.58. The first-order valence-electron chi connectivity index (χ1n) is 11.5. The number of aromatic amines is 1. The first-order valence-corrected chi connectivity index (χ1v) is 14.9. The molecule has 36 heavy (non-hydrogen) atoms. The lowest BCUT2D eigenvalue weighted by molar-refractivity contribution is 0.0376. The summed E-state index contributed by atoms with van der Waals surface area (Å²) in [7, 11) is -7.25. The van der Waals surface area contributed by atoms with Gasteiger partial charge in [0.25, 0.3) is 15.7 Å². The molecule has 2 aliphatic rings. The van der Waals surface area contributed by atoms with Crippen LogP contribution in [-0.4, -0.2) is 76.9 Å². The maximum absolute atomic E-state index is 12.8. The maximum atomic E-state index is 12.8. The summed E-state index contributed by atoms with van der Waals surface area (Å²) in [6.45, 7) is 4.53. The molecule has 0 spiro atoms. The quantitative estimate of drug-likeness (QED) is 0.249. The highest BCUT2D eigenvalue weighted by Crippen LogP contribution is 2.38. The molecule has 1 aliphatic heterocycles. The van der Waals surface area contributed by atoms with Crippen molar-refractivity contribution in [3.05, 3.63) is 63.9 Å². The molecule has 0 unspecified atom stereocenters. The van der Waals surface area contributed by atoms with Gasteiger partial charge in [-0.15, -0.1) is 0 Å². The highest BCUT2D eigenvalue weighted by molar-refractivity contribution is 7.89. The topological polar surface area (TPSA) is 146 Å². The predicted molar refractivity (Wildman–Crippen MR) is 137 cm³/mol. The van der Waals surface area contributed by atoms with Crippen LogP contribution >= 0.6 is 0 Å². The number of H-pyrrole nitrogens is 1. The number of rotatable bonds is 6. The van der Waals surface area contributed by atoms with Gasteiger partial charge in [0.15, 0.2) is 0 Å². The van der Waals surface area contributed by atoms with Gasteiger partial charge in [-0.3, -0.25) is 14.2 Å². The Hall–Kier alpha value is -2.61. The molecule has 5 rings (SSSR count). The predicted octanol–water partition coefficient (Wildman–Crippen LogP) is 1.60. The van der Waals surface area contributed by atoms with Gasteiger partial charge >= 0.3 is 0 Å². The molecule has 3 aromatic rings. The van der Waals surface area contributed by atoms with E-state index in [2.05, 4.69) is 14.6 Å². The van der Waals surface area contributed by atoms with Crippen LogP contribution in [0.15, 0.2) is 52.2 Å². The van der Waals surface area contributed by atoms with Crippen molar-refractivity contribution in [2.24, 2.45) is 0 Å². The van der Waals surface area contributed by atoms with E-state index in [0.717, 1.165) is 67.0 Å². The molecule has 3 N–H and O–H groups in total. The monoisotopic (exact) mass is 535 g/mol. The molecule has 1 aromatic heterocycles. The normalized spacial score (nSPS) is 15.7. The average molecular weight is 536 g/mol. The summed E-state index contributed by atoms with van der Waals surface area (Å²) in [6.07, 6.45) is 2.07. The van der Waals surface area contributed by atoms with E-state index in [4.69, 9.17) is 9.29 Å². The van der Waals surface area contributed by atoms with Crippen molar-refractivity contribution < 1.29 is 26.1 Å². The average Bonchev–Trinajstić information content (AvgIpc) is 3.20. The number of benzene rings is 2. The van der Waals surface area contributed by atoms with Crippen LogP contribution in [0.3, 0.4) is 0 Å². The van der Waals surface area contributed by atoms with Gasteiger partial charge in [0.1, 0.15) is 0 Å². The number of nitrogens with one attached hydrogen (secondary N) is 2. The third-order valence-corrected chi connectivity index (χ3v) is 7.57. The van der Waals surface area contributed by atoms with Crippen LogP contribution in [0.25, 0.3) is 22.0 Å². The van der Waals surface area contributed by atoms with Gasteiger partial charge in [-0.05, 0) is 47.7 Å². The number of nitrogens with zero attached hydrogens (tertiary/aromatic N) is 1. The van der Waals surface area contributed by atoms with E-state index >= 15 is 0 Å². The zero-order chi connectivity index (χ0) is 25.9. The fourth-order valence-corrected chi connectivity index (χ4v) is 5.61. The number of hydrogen-bond donors (Lipinski definition) is 3. The lowest BCUT2D eigenvalue weighted by atomic mass is 10.0. The molecule has 1 fully saturated rings. The van der Waals surface area contributed by atoms with Gasteiger partial charge in [-0.25, -0.2) is 13.1 Å². The third kappa shape index (κ3) is 6.38. The van der Waals surface area contributed by atoms with Gasteiger partial charge in [-0.1, -0.05) is 24.3 Å². The minimum absolute atomic E-state index is 0.124. The van der Waals surface area contributed by atoms with Crippen LogP contribution in [0.2, 0.25) is 0 Å². The number of fused-ring (bicyclic) bond motifs is 5. The first-order chi connectivity index (χ1) is 17.0. The van der Waals surface area contributed by atoms with Crippen LogP contribution in [0.1, 0.15) is 17.5 Å². The number of ether oxygens (including phenoxy) is 1. The Kier molecular flexibility index (Phi) is 7.93. The highest BCUT2D eigenvalue weighted by atomic mass is 32.2. The van der Waals surface area contributed by atoms with Crippen molar-refractivity contribution in [3.8, 4) is 11.3 Å². The van der Waals surface area contributed by atoms with E-state index in [1.165, 1.54) is 0 Å². The molecule has 1 saturated heterocycles. The standard InChI is InChI=1S/C23H25N3O4S.CH4O3S/c27-23-20-5-2-1-4-19(20)21-15-16-14-17(6-7-18(16)22(21)25-23)31(28,29)24-8-3-9-26-10-12-30-13-11-26;1-5(2,3)4/h1-2,4-7,14,24H,3,8-13,15H2,(H,25,27);1H3,(H,2,3,4). The van der Waals surface area contributed by atoms with Crippen molar-refractivity contribution in [1.29, 1.82) is 0 Å². The zero-order valence-electron chi connectivity index (χ0n) is 19.9. The fraction of sp³-hybridized carbons (Fsp3) is 0.375. The maximum Gasteiger partial charge on any atom is 0.261 e. The molecular weight excluding hydrogens is 506 g/mol.